The average molecular weight is 462 g/mol. The number of nitrogens with zero attached hydrogens (tertiary/aromatic N) is 2. The van der Waals surface area contributed by atoms with Crippen molar-refractivity contribution in [3.05, 3.63) is 114 Å². The van der Waals surface area contributed by atoms with E-state index >= 15 is 0 Å². The number of nitro benzene ring substituents is 2. The van der Waals surface area contributed by atoms with Gasteiger partial charge in [-0.2, -0.15) is 0 Å². The second kappa shape index (κ2) is 10.3. The number of rotatable bonds is 8. The summed E-state index contributed by atoms with van der Waals surface area (Å²) in [5.41, 5.74) is 2.74. The van der Waals surface area contributed by atoms with Gasteiger partial charge in [-0.05, 0) is 37.1 Å². The first-order valence-electron chi connectivity index (χ1n) is 10.3. The first-order valence-corrected chi connectivity index (χ1v) is 10.3. The molecular formula is C24H22N4O6. The molecular weight excluding hydrogens is 440 g/mol. The van der Waals surface area contributed by atoms with Gasteiger partial charge < -0.3 is 10.6 Å². The summed E-state index contributed by atoms with van der Waals surface area (Å²) in [6, 6.07) is 15.8. The van der Waals surface area contributed by atoms with Crippen LogP contribution in [0.1, 0.15) is 43.0 Å². The van der Waals surface area contributed by atoms with Crippen LogP contribution in [0, 0.1) is 34.1 Å². The quantitative estimate of drug-likeness (QED) is 0.383. The molecule has 3 aromatic carbocycles. The number of hydrogen-bond donors (Lipinski definition) is 2. The van der Waals surface area contributed by atoms with Crippen LogP contribution in [0.3, 0.4) is 0 Å². The summed E-state index contributed by atoms with van der Waals surface area (Å²) < 4.78 is 0. The summed E-state index contributed by atoms with van der Waals surface area (Å²) in [5, 5.41) is 27.6. The van der Waals surface area contributed by atoms with Crippen molar-refractivity contribution in [1.82, 2.24) is 10.6 Å². The van der Waals surface area contributed by atoms with Crippen LogP contribution in [0.2, 0.25) is 0 Å². The predicted octanol–water partition coefficient (Wildman–Crippen LogP) is 3.98. The van der Waals surface area contributed by atoms with Crippen LogP contribution in [0.5, 0.6) is 0 Å². The lowest BCUT2D eigenvalue weighted by atomic mass is 10.1. The van der Waals surface area contributed by atoms with E-state index in [1.54, 1.807) is 38.1 Å². The number of carbonyl (C=O) groups is 2. The van der Waals surface area contributed by atoms with E-state index in [1.807, 2.05) is 0 Å². The normalized spacial score (nSPS) is 10.4. The van der Waals surface area contributed by atoms with Crippen LogP contribution in [-0.2, 0) is 13.1 Å². The minimum atomic E-state index is -0.524. The Morgan fingerprint density at radius 2 is 1.03 bits per heavy atom. The molecule has 10 heteroatoms. The van der Waals surface area contributed by atoms with Crippen LogP contribution < -0.4 is 10.6 Å². The van der Waals surface area contributed by atoms with Gasteiger partial charge in [-0.25, -0.2) is 0 Å². The van der Waals surface area contributed by atoms with Gasteiger partial charge in [0, 0.05) is 47.5 Å². The second-order valence-corrected chi connectivity index (χ2v) is 7.70. The fourth-order valence-electron chi connectivity index (χ4n) is 3.24. The van der Waals surface area contributed by atoms with Crippen LogP contribution in [-0.4, -0.2) is 21.7 Å². The Kier molecular flexibility index (Phi) is 7.32. The fourth-order valence-corrected chi connectivity index (χ4v) is 3.24. The zero-order valence-electron chi connectivity index (χ0n) is 18.5. The molecule has 0 atom stereocenters. The standard InChI is InChI=1S/C24H22N4O6/c1-15-3-9-19(11-21(15)27(31)32)23(29)25-13-17-5-7-18(8-6-17)14-26-24(30)20-10-4-16(2)22(12-20)28(33)34/h3-12H,13-14H2,1-2H3,(H,25,29)(H,26,30). The number of nitro groups is 2. The first-order chi connectivity index (χ1) is 16.2. The molecule has 2 N–H and O–H groups in total. The van der Waals surface area contributed by atoms with E-state index in [0.29, 0.717) is 11.1 Å². The summed E-state index contributed by atoms with van der Waals surface area (Å²) >= 11 is 0. The number of aryl methyl sites for hydroxylation is 2. The minimum absolute atomic E-state index is 0.112. The molecule has 0 saturated heterocycles. The highest BCUT2D eigenvalue weighted by atomic mass is 16.6. The van der Waals surface area contributed by atoms with E-state index in [2.05, 4.69) is 10.6 Å². The molecule has 0 bridgehead atoms. The first kappa shape index (κ1) is 24.1. The average Bonchev–Trinajstić information content (AvgIpc) is 2.81. The summed E-state index contributed by atoms with van der Waals surface area (Å²) in [6.45, 7) is 3.66. The minimum Gasteiger partial charge on any atom is -0.348 e. The fraction of sp³-hybridized carbons (Fsp3) is 0.167. The second-order valence-electron chi connectivity index (χ2n) is 7.70. The summed E-state index contributed by atoms with van der Waals surface area (Å²) in [7, 11) is 0. The van der Waals surface area contributed by atoms with E-state index in [0.717, 1.165) is 11.1 Å². The highest BCUT2D eigenvalue weighted by Gasteiger charge is 2.16. The van der Waals surface area contributed by atoms with Gasteiger partial charge in [0.15, 0.2) is 0 Å². The molecule has 0 heterocycles. The number of amides is 2. The lowest BCUT2D eigenvalue weighted by molar-refractivity contribution is -0.385. The molecule has 34 heavy (non-hydrogen) atoms. The zero-order valence-corrected chi connectivity index (χ0v) is 18.5. The van der Waals surface area contributed by atoms with Crippen molar-refractivity contribution >= 4 is 23.2 Å². The third-order valence-electron chi connectivity index (χ3n) is 5.27. The van der Waals surface area contributed by atoms with Crippen LogP contribution >= 0.6 is 0 Å². The Morgan fingerprint density at radius 1 is 0.676 bits per heavy atom. The number of nitrogens with one attached hydrogen (secondary N) is 2. The summed E-state index contributed by atoms with van der Waals surface area (Å²) in [6.07, 6.45) is 0. The van der Waals surface area contributed by atoms with Crippen LogP contribution in [0.4, 0.5) is 11.4 Å². The zero-order chi connectivity index (χ0) is 24.8. The van der Waals surface area contributed by atoms with Gasteiger partial charge in [-0.3, -0.25) is 29.8 Å². The van der Waals surface area contributed by atoms with Gasteiger partial charge in [0.1, 0.15) is 0 Å². The molecule has 0 fully saturated rings. The molecule has 0 aliphatic rings. The number of carbonyl (C=O) groups excluding carboxylic acids is 2. The smallest absolute Gasteiger partial charge is 0.273 e. The molecule has 0 aliphatic carbocycles. The molecule has 0 saturated carbocycles. The molecule has 3 aromatic rings. The topological polar surface area (TPSA) is 144 Å². The Balaban J connectivity index is 1.55. The molecule has 0 unspecified atom stereocenters. The lowest BCUT2D eigenvalue weighted by Gasteiger charge is -2.09. The molecule has 3 rings (SSSR count). The maximum Gasteiger partial charge on any atom is 0.273 e. The Bertz CT molecular complexity index is 1170. The molecule has 0 aliphatic heterocycles. The Hall–Kier alpha value is -4.60. The predicted molar refractivity (Wildman–Crippen MR) is 124 cm³/mol. The largest absolute Gasteiger partial charge is 0.348 e. The van der Waals surface area contributed by atoms with Crippen molar-refractivity contribution in [2.45, 2.75) is 26.9 Å². The highest BCUT2D eigenvalue weighted by Crippen LogP contribution is 2.20. The Morgan fingerprint density at radius 3 is 1.35 bits per heavy atom. The maximum absolute atomic E-state index is 12.3. The summed E-state index contributed by atoms with van der Waals surface area (Å²) in [4.78, 5) is 45.8. The van der Waals surface area contributed by atoms with E-state index in [-0.39, 0.29) is 35.6 Å². The van der Waals surface area contributed by atoms with E-state index in [9.17, 15) is 29.8 Å². The van der Waals surface area contributed by atoms with Gasteiger partial charge >= 0.3 is 0 Å². The molecule has 174 valence electrons. The van der Waals surface area contributed by atoms with Crippen LogP contribution in [0.25, 0.3) is 0 Å². The van der Waals surface area contributed by atoms with Crippen molar-refractivity contribution in [2.75, 3.05) is 0 Å². The third-order valence-corrected chi connectivity index (χ3v) is 5.27. The third kappa shape index (κ3) is 5.80. The van der Waals surface area contributed by atoms with Gasteiger partial charge in [-0.1, -0.05) is 36.4 Å². The van der Waals surface area contributed by atoms with Crippen molar-refractivity contribution in [3.63, 3.8) is 0 Å². The number of benzene rings is 3. The molecule has 0 spiro atoms. The van der Waals surface area contributed by atoms with Crippen molar-refractivity contribution in [2.24, 2.45) is 0 Å². The monoisotopic (exact) mass is 462 g/mol. The molecule has 10 nitrogen and oxygen atoms in total. The highest BCUT2D eigenvalue weighted by molar-refractivity contribution is 5.95. The van der Waals surface area contributed by atoms with Gasteiger partial charge in [0.05, 0.1) is 9.85 Å². The van der Waals surface area contributed by atoms with Crippen molar-refractivity contribution in [3.8, 4) is 0 Å². The number of hydrogen-bond acceptors (Lipinski definition) is 6. The molecule has 0 aromatic heterocycles. The summed E-state index contributed by atoms with van der Waals surface area (Å²) in [5.74, 6) is -0.849. The van der Waals surface area contributed by atoms with Crippen LogP contribution in [0.15, 0.2) is 60.7 Å². The lowest BCUT2D eigenvalue weighted by Crippen LogP contribution is -2.23. The van der Waals surface area contributed by atoms with E-state index in [4.69, 9.17) is 0 Å². The van der Waals surface area contributed by atoms with Crippen molar-refractivity contribution < 1.29 is 19.4 Å². The SMILES string of the molecule is Cc1ccc(C(=O)NCc2ccc(CNC(=O)c3ccc(C)c([N+](=O)[O-])c3)cc2)cc1[N+](=O)[O-]. The van der Waals surface area contributed by atoms with E-state index in [1.165, 1.54) is 36.4 Å². The molecule has 0 radical (unpaired) electrons. The van der Waals surface area contributed by atoms with Gasteiger partial charge in [0.25, 0.3) is 23.2 Å². The molecule has 2 amide bonds. The van der Waals surface area contributed by atoms with E-state index < -0.39 is 21.7 Å². The maximum atomic E-state index is 12.3. The Labute approximate surface area is 194 Å². The van der Waals surface area contributed by atoms with Crippen molar-refractivity contribution in [1.29, 1.82) is 0 Å². The van der Waals surface area contributed by atoms with Gasteiger partial charge in [0.2, 0.25) is 0 Å². The van der Waals surface area contributed by atoms with Gasteiger partial charge in [-0.15, -0.1) is 0 Å².